The van der Waals surface area contributed by atoms with E-state index in [9.17, 15) is 0 Å². The normalized spacial score (nSPS) is 27.5. The van der Waals surface area contributed by atoms with Crippen LogP contribution in [0.2, 0.25) is 0 Å². The lowest BCUT2D eigenvalue weighted by Crippen LogP contribution is -1.89. The van der Waals surface area contributed by atoms with Crippen molar-refractivity contribution in [2.24, 2.45) is 11.8 Å². The summed E-state index contributed by atoms with van der Waals surface area (Å²) in [6.45, 7) is 2.68. The van der Waals surface area contributed by atoms with Crippen LogP contribution in [0.15, 0.2) is 0 Å². The molecule has 1 aliphatic rings. The fourth-order valence-corrected chi connectivity index (χ4v) is 1.90. The molecule has 1 fully saturated rings. The van der Waals surface area contributed by atoms with Crippen LogP contribution in [-0.2, 0) is 0 Å². The number of hydrogen-bond acceptors (Lipinski definition) is 1. The zero-order valence-corrected chi connectivity index (χ0v) is 8.26. The monoisotopic (exact) mass is 170 g/mol. The van der Waals surface area contributed by atoms with E-state index in [-0.39, 0.29) is 0 Å². The Kier molecular flexibility index (Phi) is 4.67. The summed E-state index contributed by atoms with van der Waals surface area (Å²) in [5.41, 5.74) is 0. The number of rotatable bonds is 7. The van der Waals surface area contributed by atoms with Gasteiger partial charge in [0.15, 0.2) is 0 Å². The van der Waals surface area contributed by atoms with Crippen molar-refractivity contribution in [2.75, 3.05) is 6.61 Å². The Balaban J connectivity index is 1.78. The molecule has 0 unspecified atom stereocenters. The van der Waals surface area contributed by atoms with Gasteiger partial charge >= 0.3 is 0 Å². The molecule has 0 aliphatic heterocycles. The van der Waals surface area contributed by atoms with E-state index in [4.69, 9.17) is 5.11 Å². The van der Waals surface area contributed by atoms with Crippen LogP contribution in [0.1, 0.15) is 51.9 Å². The zero-order chi connectivity index (χ0) is 8.81. The van der Waals surface area contributed by atoms with Crippen molar-refractivity contribution in [1.29, 1.82) is 0 Å². The minimum absolute atomic E-state index is 0.430. The van der Waals surface area contributed by atoms with E-state index in [1.807, 2.05) is 0 Å². The van der Waals surface area contributed by atoms with Gasteiger partial charge in [0, 0.05) is 6.61 Å². The van der Waals surface area contributed by atoms with Crippen LogP contribution in [0, 0.1) is 11.8 Å². The van der Waals surface area contributed by atoms with Crippen molar-refractivity contribution in [3.05, 3.63) is 0 Å². The van der Waals surface area contributed by atoms with E-state index < -0.39 is 0 Å². The largest absolute Gasteiger partial charge is 0.396 e. The van der Waals surface area contributed by atoms with Gasteiger partial charge in [-0.3, -0.25) is 0 Å². The third kappa shape index (κ3) is 3.57. The van der Waals surface area contributed by atoms with Gasteiger partial charge in [0.25, 0.3) is 0 Å². The molecule has 0 heterocycles. The van der Waals surface area contributed by atoms with E-state index in [1.54, 1.807) is 0 Å². The smallest absolute Gasteiger partial charge is 0.0462 e. The molecule has 2 atom stereocenters. The molecule has 0 bridgehead atoms. The van der Waals surface area contributed by atoms with E-state index in [0.717, 1.165) is 5.92 Å². The summed E-state index contributed by atoms with van der Waals surface area (Å²) >= 11 is 0. The molecule has 1 saturated carbocycles. The second kappa shape index (κ2) is 5.58. The SMILES string of the molecule is CCCCCCC[C@H]1C[C@H]1CO. The fraction of sp³-hybridized carbons (Fsp3) is 1.00. The molecule has 0 amide bonds. The Morgan fingerprint density at radius 2 is 1.83 bits per heavy atom. The lowest BCUT2D eigenvalue weighted by molar-refractivity contribution is 0.267. The average Bonchev–Trinajstić information content (AvgIpc) is 2.83. The third-order valence-corrected chi connectivity index (χ3v) is 2.98. The number of hydrogen-bond donors (Lipinski definition) is 1. The Bertz CT molecular complexity index is 112. The maximum atomic E-state index is 8.82. The van der Waals surface area contributed by atoms with Crippen molar-refractivity contribution < 1.29 is 5.11 Å². The molecule has 1 N–H and O–H groups in total. The number of unbranched alkanes of at least 4 members (excludes halogenated alkanes) is 4. The zero-order valence-electron chi connectivity index (χ0n) is 8.26. The summed E-state index contributed by atoms with van der Waals surface area (Å²) in [6, 6.07) is 0. The lowest BCUT2D eigenvalue weighted by Gasteiger charge is -1.98. The standard InChI is InChI=1S/C11H22O/c1-2-3-4-5-6-7-10-8-11(10)9-12/h10-12H,2-9H2,1H3/t10-,11-/m0/s1. The van der Waals surface area contributed by atoms with Crippen LogP contribution < -0.4 is 0 Å². The summed E-state index contributed by atoms with van der Waals surface area (Å²) in [6.07, 6.45) is 9.60. The predicted octanol–water partition coefficient (Wildman–Crippen LogP) is 2.98. The maximum absolute atomic E-state index is 8.82. The molecular weight excluding hydrogens is 148 g/mol. The summed E-state index contributed by atoms with van der Waals surface area (Å²) < 4.78 is 0. The van der Waals surface area contributed by atoms with Crippen LogP contribution in [0.3, 0.4) is 0 Å². The van der Waals surface area contributed by atoms with Crippen LogP contribution in [0.25, 0.3) is 0 Å². The molecule has 0 aromatic rings. The fourth-order valence-electron chi connectivity index (χ4n) is 1.90. The molecule has 72 valence electrons. The summed E-state index contributed by atoms with van der Waals surface area (Å²) in [5, 5.41) is 8.82. The number of aliphatic hydroxyl groups excluding tert-OH is 1. The topological polar surface area (TPSA) is 20.2 Å². The second-order valence-electron chi connectivity index (χ2n) is 4.14. The Hall–Kier alpha value is -0.0400. The van der Waals surface area contributed by atoms with Crippen molar-refractivity contribution in [3.63, 3.8) is 0 Å². The number of aliphatic hydroxyl groups is 1. The molecule has 0 spiro atoms. The highest BCUT2D eigenvalue weighted by molar-refractivity contribution is 4.84. The second-order valence-corrected chi connectivity index (χ2v) is 4.14. The molecule has 1 aliphatic carbocycles. The first-order chi connectivity index (χ1) is 5.88. The van der Waals surface area contributed by atoms with Gasteiger partial charge in [-0.1, -0.05) is 45.4 Å². The van der Waals surface area contributed by atoms with Gasteiger partial charge in [-0.2, -0.15) is 0 Å². The molecule has 0 radical (unpaired) electrons. The van der Waals surface area contributed by atoms with E-state index in [2.05, 4.69) is 6.92 Å². The van der Waals surface area contributed by atoms with Crippen molar-refractivity contribution in [3.8, 4) is 0 Å². The van der Waals surface area contributed by atoms with Crippen LogP contribution in [0.5, 0.6) is 0 Å². The Morgan fingerprint density at radius 3 is 2.42 bits per heavy atom. The van der Waals surface area contributed by atoms with Crippen molar-refractivity contribution in [1.82, 2.24) is 0 Å². The van der Waals surface area contributed by atoms with Gasteiger partial charge in [-0.25, -0.2) is 0 Å². The van der Waals surface area contributed by atoms with Crippen LogP contribution in [-0.4, -0.2) is 11.7 Å². The lowest BCUT2D eigenvalue weighted by atomic mass is 10.1. The van der Waals surface area contributed by atoms with Gasteiger partial charge < -0.3 is 5.11 Å². The van der Waals surface area contributed by atoms with Gasteiger partial charge in [0.1, 0.15) is 0 Å². The quantitative estimate of drug-likeness (QED) is 0.582. The predicted molar refractivity (Wildman–Crippen MR) is 52.1 cm³/mol. The molecule has 1 rings (SSSR count). The summed E-state index contributed by atoms with van der Waals surface area (Å²) in [7, 11) is 0. The first-order valence-corrected chi connectivity index (χ1v) is 5.49. The average molecular weight is 170 g/mol. The highest BCUT2D eigenvalue weighted by Gasteiger charge is 2.34. The summed E-state index contributed by atoms with van der Waals surface area (Å²) in [4.78, 5) is 0. The molecule has 1 nitrogen and oxygen atoms in total. The molecular formula is C11H22O. The van der Waals surface area contributed by atoms with E-state index >= 15 is 0 Å². The van der Waals surface area contributed by atoms with Gasteiger partial charge in [-0.05, 0) is 18.3 Å². The van der Waals surface area contributed by atoms with E-state index in [1.165, 1.54) is 44.9 Å². The maximum Gasteiger partial charge on any atom is 0.0462 e. The third-order valence-electron chi connectivity index (χ3n) is 2.98. The first kappa shape index (κ1) is 10.0. The Labute approximate surface area is 76.2 Å². The van der Waals surface area contributed by atoms with Crippen LogP contribution >= 0.6 is 0 Å². The molecule has 0 aromatic carbocycles. The molecule has 12 heavy (non-hydrogen) atoms. The molecule has 1 heteroatoms. The summed E-state index contributed by atoms with van der Waals surface area (Å²) in [5.74, 6) is 1.56. The molecule has 0 saturated heterocycles. The van der Waals surface area contributed by atoms with Gasteiger partial charge in [0.05, 0.1) is 0 Å². The highest BCUT2D eigenvalue weighted by Crippen LogP contribution is 2.41. The van der Waals surface area contributed by atoms with Crippen molar-refractivity contribution >= 4 is 0 Å². The minimum Gasteiger partial charge on any atom is -0.396 e. The Morgan fingerprint density at radius 1 is 1.08 bits per heavy atom. The van der Waals surface area contributed by atoms with E-state index in [0.29, 0.717) is 12.5 Å². The van der Waals surface area contributed by atoms with Gasteiger partial charge in [-0.15, -0.1) is 0 Å². The molecule has 0 aromatic heterocycles. The van der Waals surface area contributed by atoms with Gasteiger partial charge in [0.2, 0.25) is 0 Å². The minimum atomic E-state index is 0.430. The first-order valence-electron chi connectivity index (χ1n) is 5.49. The van der Waals surface area contributed by atoms with Crippen LogP contribution in [0.4, 0.5) is 0 Å². The highest BCUT2D eigenvalue weighted by atomic mass is 16.3. The van der Waals surface area contributed by atoms with Crippen molar-refractivity contribution in [2.45, 2.75) is 51.9 Å².